The van der Waals surface area contributed by atoms with Gasteiger partial charge in [-0.25, -0.2) is 0 Å². The molecule has 1 aromatic heterocycles. The van der Waals surface area contributed by atoms with Gasteiger partial charge in [-0.3, -0.25) is 9.59 Å². The molecule has 5 heteroatoms. The highest BCUT2D eigenvalue weighted by Crippen LogP contribution is 2.38. The Morgan fingerprint density at radius 3 is 2.86 bits per heavy atom. The van der Waals surface area contributed by atoms with Crippen LogP contribution in [0.3, 0.4) is 0 Å². The number of aromatic amines is 1. The first-order chi connectivity index (χ1) is 10.6. The van der Waals surface area contributed by atoms with Crippen molar-refractivity contribution in [2.24, 2.45) is 5.73 Å². The fraction of sp³-hybridized carbons (Fsp3) is 0.294. The Bertz CT molecular complexity index is 747. The molecule has 22 heavy (non-hydrogen) atoms. The molecule has 1 aliphatic carbocycles. The van der Waals surface area contributed by atoms with Gasteiger partial charge in [-0.1, -0.05) is 12.6 Å². The van der Waals surface area contributed by atoms with E-state index in [1.54, 1.807) is 6.07 Å². The Morgan fingerprint density at radius 1 is 1.32 bits per heavy atom. The highest BCUT2D eigenvalue weighted by Gasteiger charge is 2.28. The number of carbonyl (C=O) groups is 2. The molecule has 0 spiro atoms. The van der Waals surface area contributed by atoms with E-state index < -0.39 is 5.91 Å². The van der Waals surface area contributed by atoms with Gasteiger partial charge in [0, 0.05) is 17.6 Å². The van der Waals surface area contributed by atoms with E-state index in [1.807, 2.05) is 18.3 Å². The fourth-order valence-corrected chi connectivity index (χ4v) is 3.40. The third kappa shape index (κ3) is 2.50. The van der Waals surface area contributed by atoms with Crippen LogP contribution in [0.1, 0.15) is 41.1 Å². The van der Waals surface area contributed by atoms with Crippen LogP contribution in [-0.4, -0.2) is 22.8 Å². The van der Waals surface area contributed by atoms with E-state index in [0.717, 1.165) is 30.2 Å². The van der Waals surface area contributed by atoms with E-state index in [4.69, 9.17) is 5.73 Å². The van der Waals surface area contributed by atoms with Crippen molar-refractivity contribution in [2.75, 3.05) is 0 Å². The van der Waals surface area contributed by atoms with Gasteiger partial charge < -0.3 is 16.0 Å². The normalized spacial score (nSPS) is 20.9. The third-order valence-electron chi connectivity index (χ3n) is 4.43. The van der Waals surface area contributed by atoms with Crippen LogP contribution in [0.5, 0.6) is 0 Å². The van der Waals surface area contributed by atoms with Crippen molar-refractivity contribution in [3.05, 3.63) is 48.2 Å². The first-order valence-corrected chi connectivity index (χ1v) is 7.43. The first-order valence-electron chi connectivity index (χ1n) is 7.43. The molecule has 2 aromatic rings. The molecule has 1 fully saturated rings. The van der Waals surface area contributed by atoms with E-state index in [-0.39, 0.29) is 11.9 Å². The number of benzene rings is 1. The van der Waals surface area contributed by atoms with E-state index >= 15 is 0 Å². The minimum atomic E-state index is -0.429. The Hall–Kier alpha value is -2.56. The van der Waals surface area contributed by atoms with Crippen molar-refractivity contribution in [2.45, 2.75) is 31.2 Å². The molecule has 0 saturated heterocycles. The van der Waals surface area contributed by atoms with E-state index in [0.29, 0.717) is 11.5 Å². The molecule has 2 atom stereocenters. The smallest absolute Gasteiger partial charge is 0.250 e. The predicted octanol–water partition coefficient (Wildman–Crippen LogP) is 2.21. The van der Waals surface area contributed by atoms with Gasteiger partial charge in [0.1, 0.15) is 0 Å². The fourth-order valence-electron chi connectivity index (χ4n) is 3.40. The van der Waals surface area contributed by atoms with Crippen molar-refractivity contribution < 1.29 is 9.59 Å². The van der Waals surface area contributed by atoms with Gasteiger partial charge in [0.05, 0.1) is 11.1 Å². The summed E-state index contributed by atoms with van der Waals surface area (Å²) in [7, 11) is 0. The molecule has 0 bridgehead atoms. The lowest BCUT2D eigenvalue weighted by Crippen LogP contribution is -2.31. The van der Waals surface area contributed by atoms with Gasteiger partial charge in [-0.05, 0) is 49.0 Å². The molecular formula is C17H19N3O2. The highest BCUT2D eigenvalue weighted by atomic mass is 16.1. The summed E-state index contributed by atoms with van der Waals surface area (Å²) >= 11 is 0. The number of hydrogen-bond acceptors (Lipinski definition) is 2. The monoisotopic (exact) mass is 297 g/mol. The standard InChI is InChI=1S/C17H19N3O2/c1-2-15(21)20-11-4-3-10(9-11)12-5-6-14(17(18)22)16-13(12)7-8-19-16/h2,5-8,10-11,19H,1,3-4,9H2,(H2,18,22)(H,20,21)/t10-,11-/m0/s1. The zero-order valence-electron chi connectivity index (χ0n) is 12.3. The highest BCUT2D eigenvalue weighted by molar-refractivity contribution is 6.05. The number of nitrogens with one attached hydrogen (secondary N) is 2. The molecular weight excluding hydrogens is 278 g/mol. The van der Waals surface area contributed by atoms with E-state index in [2.05, 4.69) is 16.9 Å². The second-order valence-electron chi connectivity index (χ2n) is 5.75. The Morgan fingerprint density at radius 2 is 2.14 bits per heavy atom. The molecule has 1 saturated carbocycles. The van der Waals surface area contributed by atoms with Crippen LogP contribution in [0.4, 0.5) is 0 Å². The molecule has 5 nitrogen and oxygen atoms in total. The SMILES string of the molecule is C=CC(=O)N[C@H]1CC[C@H](c2ccc(C(N)=O)c3[nH]ccc23)C1. The second-order valence-corrected chi connectivity index (χ2v) is 5.75. The van der Waals surface area contributed by atoms with Gasteiger partial charge in [-0.2, -0.15) is 0 Å². The van der Waals surface area contributed by atoms with Crippen LogP contribution >= 0.6 is 0 Å². The third-order valence-corrected chi connectivity index (χ3v) is 4.43. The average Bonchev–Trinajstić information content (AvgIpc) is 3.14. The van der Waals surface area contributed by atoms with Gasteiger partial charge >= 0.3 is 0 Å². The molecule has 0 unspecified atom stereocenters. The summed E-state index contributed by atoms with van der Waals surface area (Å²) in [5.41, 5.74) is 7.93. The lowest BCUT2D eigenvalue weighted by atomic mass is 9.92. The maximum atomic E-state index is 11.5. The zero-order valence-corrected chi connectivity index (χ0v) is 12.3. The molecule has 2 amide bonds. The van der Waals surface area contributed by atoms with Gasteiger partial charge in [0.2, 0.25) is 5.91 Å². The molecule has 1 aliphatic rings. The topological polar surface area (TPSA) is 88.0 Å². The molecule has 0 aliphatic heterocycles. The number of nitrogens with two attached hydrogens (primary N) is 1. The zero-order chi connectivity index (χ0) is 15.7. The minimum Gasteiger partial charge on any atom is -0.366 e. The van der Waals surface area contributed by atoms with Crippen LogP contribution < -0.4 is 11.1 Å². The summed E-state index contributed by atoms with van der Waals surface area (Å²) in [4.78, 5) is 26.0. The summed E-state index contributed by atoms with van der Waals surface area (Å²) in [6.07, 6.45) is 5.99. The lowest BCUT2D eigenvalue weighted by molar-refractivity contribution is -0.117. The predicted molar refractivity (Wildman–Crippen MR) is 85.5 cm³/mol. The first kappa shape index (κ1) is 14.4. The summed E-state index contributed by atoms with van der Waals surface area (Å²) in [5, 5.41) is 4.00. The van der Waals surface area contributed by atoms with Crippen molar-refractivity contribution in [1.29, 1.82) is 0 Å². The Kier molecular flexibility index (Phi) is 3.71. The van der Waals surface area contributed by atoms with Crippen molar-refractivity contribution >= 4 is 22.7 Å². The molecule has 114 valence electrons. The maximum Gasteiger partial charge on any atom is 0.250 e. The molecule has 0 radical (unpaired) electrons. The quantitative estimate of drug-likeness (QED) is 0.755. The number of primary amides is 1. The lowest BCUT2D eigenvalue weighted by Gasteiger charge is -2.14. The molecule has 1 heterocycles. The Balaban J connectivity index is 1.87. The molecule has 1 aromatic carbocycles. The van der Waals surface area contributed by atoms with Gasteiger partial charge in [0.15, 0.2) is 0 Å². The number of hydrogen-bond donors (Lipinski definition) is 3. The summed E-state index contributed by atoms with van der Waals surface area (Å²) < 4.78 is 0. The van der Waals surface area contributed by atoms with Crippen molar-refractivity contribution in [3.8, 4) is 0 Å². The minimum absolute atomic E-state index is 0.124. The summed E-state index contributed by atoms with van der Waals surface area (Å²) in [6, 6.07) is 5.93. The summed E-state index contributed by atoms with van der Waals surface area (Å²) in [6.45, 7) is 3.48. The number of carbonyl (C=O) groups excluding carboxylic acids is 2. The van der Waals surface area contributed by atoms with E-state index in [9.17, 15) is 9.59 Å². The van der Waals surface area contributed by atoms with Crippen LogP contribution in [0.2, 0.25) is 0 Å². The molecule has 3 rings (SSSR count). The van der Waals surface area contributed by atoms with Crippen LogP contribution in [0.25, 0.3) is 10.9 Å². The number of fused-ring (bicyclic) bond motifs is 1. The molecule has 4 N–H and O–H groups in total. The van der Waals surface area contributed by atoms with Gasteiger partial charge in [0.25, 0.3) is 5.91 Å². The maximum absolute atomic E-state index is 11.5. The number of amides is 2. The van der Waals surface area contributed by atoms with Crippen LogP contribution in [0, 0.1) is 0 Å². The van der Waals surface area contributed by atoms with Crippen molar-refractivity contribution in [3.63, 3.8) is 0 Å². The van der Waals surface area contributed by atoms with Crippen molar-refractivity contribution in [1.82, 2.24) is 10.3 Å². The number of H-pyrrole nitrogens is 1. The second kappa shape index (κ2) is 5.67. The number of aromatic nitrogens is 1. The van der Waals surface area contributed by atoms with Crippen LogP contribution in [0.15, 0.2) is 37.1 Å². The van der Waals surface area contributed by atoms with E-state index in [1.165, 1.54) is 11.6 Å². The Labute approximate surface area is 128 Å². The largest absolute Gasteiger partial charge is 0.366 e. The van der Waals surface area contributed by atoms with Gasteiger partial charge in [-0.15, -0.1) is 0 Å². The van der Waals surface area contributed by atoms with Crippen LogP contribution in [-0.2, 0) is 4.79 Å². The number of rotatable bonds is 4. The summed E-state index contributed by atoms with van der Waals surface area (Å²) in [5.74, 6) is -0.182. The average molecular weight is 297 g/mol.